The van der Waals surface area contributed by atoms with Gasteiger partial charge in [0.05, 0.1) is 0 Å². The topological polar surface area (TPSA) is 29.0 Å². The highest BCUT2D eigenvalue weighted by atomic mass is 14.9. The third kappa shape index (κ3) is 3.05. The monoisotopic (exact) mass is 271 g/mol. The lowest BCUT2D eigenvalue weighted by Crippen LogP contribution is -2.34. The molecular weight excluding hydrogens is 246 g/mol. The van der Waals surface area contributed by atoms with E-state index in [0.29, 0.717) is 0 Å². The molecule has 0 amide bonds. The second kappa shape index (κ2) is 6.42. The van der Waals surface area contributed by atoms with Crippen molar-refractivity contribution in [3.63, 3.8) is 0 Å². The number of aromatic nitrogens is 1. The van der Waals surface area contributed by atoms with Crippen LogP contribution in [0, 0.1) is 5.92 Å². The van der Waals surface area contributed by atoms with Gasteiger partial charge in [0.1, 0.15) is 0 Å². The fourth-order valence-electron chi connectivity index (χ4n) is 3.24. The van der Waals surface area contributed by atoms with E-state index < -0.39 is 0 Å². The molecule has 3 nitrogen and oxygen atoms in total. The summed E-state index contributed by atoms with van der Waals surface area (Å²) in [5.74, 6) is 0.865. The smallest absolute Gasteiger partial charge is 0.0480 e. The molecule has 0 bridgehead atoms. The van der Waals surface area contributed by atoms with E-state index in [0.717, 1.165) is 18.9 Å². The van der Waals surface area contributed by atoms with Gasteiger partial charge in [0, 0.05) is 24.1 Å². The predicted molar refractivity (Wildman–Crippen MR) is 85.1 cm³/mol. The molecule has 0 saturated carbocycles. The van der Waals surface area contributed by atoms with Crippen LogP contribution in [0.25, 0.3) is 10.9 Å². The van der Waals surface area contributed by atoms with Gasteiger partial charge in [-0.05, 0) is 63.0 Å². The van der Waals surface area contributed by atoms with Gasteiger partial charge in [0.15, 0.2) is 0 Å². The van der Waals surface area contributed by atoms with Crippen LogP contribution < -0.4 is 10.6 Å². The van der Waals surface area contributed by atoms with Crippen LogP contribution in [-0.2, 0) is 13.5 Å². The van der Waals surface area contributed by atoms with Crippen molar-refractivity contribution in [3.05, 3.63) is 36.0 Å². The van der Waals surface area contributed by atoms with Gasteiger partial charge < -0.3 is 15.2 Å². The summed E-state index contributed by atoms with van der Waals surface area (Å²) in [5, 5.41) is 8.47. The third-order valence-electron chi connectivity index (χ3n) is 4.44. The summed E-state index contributed by atoms with van der Waals surface area (Å²) in [6.07, 6.45) is 6.03. The molecule has 1 aliphatic heterocycles. The third-order valence-corrected chi connectivity index (χ3v) is 4.44. The van der Waals surface area contributed by atoms with Crippen LogP contribution in [0.3, 0.4) is 0 Å². The lowest BCUT2D eigenvalue weighted by molar-refractivity contribution is 0.358. The van der Waals surface area contributed by atoms with Crippen molar-refractivity contribution in [2.75, 3.05) is 26.2 Å². The van der Waals surface area contributed by atoms with E-state index in [1.807, 2.05) is 0 Å². The van der Waals surface area contributed by atoms with Crippen molar-refractivity contribution in [2.45, 2.75) is 19.3 Å². The first-order chi connectivity index (χ1) is 9.84. The van der Waals surface area contributed by atoms with Crippen molar-refractivity contribution in [2.24, 2.45) is 13.0 Å². The normalized spacial score (nSPS) is 16.9. The van der Waals surface area contributed by atoms with E-state index in [1.165, 1.54) is 48.9 Å². The van der Waals surface area contributed by atoms with Crippen molar-refractivity contribution < 1.29 is 0 Å². The van der Waals surface area contributed by atoms with E-state index in [2.05, 4.69) is 52.7 Å². The van der Waals surface area contributed by atoms with Crippen molar-refractivity contribution >= 4 is 10.9 Å². The van der Waals surface area contributed by atoms with Crippen molar-refractivity contribution in [1.29, 1.82) is 0 Å². The molecule has 20 heavy (non-hydrogen) atoms. The zero-order chi connectivity index (χ0) is 13.8. The van der Waals surface area contributed by atoms with E-state index in [-0.39, 0.29) is 0 Å². The first-order valence-corrected chi connectivity index (χ1v) is 7.79. The van der Waals surface area contributed by atoms with Gasteiger partial charge in [0.2, 0.25) is 0 Å². The average Bonchev–Trinajstić information content (AvgIpc) is 2.82. The number of rotatable bonds is 5. The predicted octanol–water partition coefficient (Wildman–Crippen LogP) is 2.31. The number of fused-ring (bicyclic) bond motifs is 1. The largest absolute Gasteiger partial charge is 0.350 e. The van der Waals surface area contributed by atoms with Gasteiger partial charge in [-0.15, -0.1) is 0 Å². The first kappa shape index (κ1) is 13.7. The molecule has 2 heterocycles. The standard InChI is InChI=1S/C17H25N3/c1-20-13-15(16-4-2-3-5-17(16)20)8-11-19-12-14-6-9-18-10-7-14/h2-5,13-14,18-19H,6-12H2,1H3. The fourth-order valence-corrected chi connectivity index (χ4v) is 3.24. The molecule has 3 rings (SSSR count). The molecule has 1 fully saturated rings. The van der Waals surface area contributed by atoms with Crippen LogP contribution in [0.2, 0.25) is 0 Å². The molecule has 3 heteroatoms. The number of benzene rings is 1. The lowest BCUT2D eigenvalue weighted by atomic mass is 9.98. The summed E-state index contributed by atoms with van der Waals surface area (Å²) in [5.41, 5.74) is 2.79. The zero-order valence-corrected chi connectivity index (χ0v) is 12.4. The molecule has 2 aromatic rings. The number of nitrogens with zero attached hydrogens (tertiary/aromatic N) is 1. The minimum Gasteiger partial charge on any atom is -0.350 e. The summed E-state index contributed by atoms with van der Waals surface area (Å²) in [6, 6.07) is 8.68. The van der Waals surface area contributed by atoms with Crippen molar-refractivity contribution in [3.8, 4) is 0 Å². The van der Waals surface area contributed by atoms with Crippen LogP contribution in [0.5, 0.6) is 0 Å². The lowest BCUT2D eigenvalue weighted by Gasteiger charge is -2.22. The molecule has 1 saturated heterocycles. The maximum Gasteiger partial charge on any atom is 0.0480 e. The van der Waals surface area contributed by atoms with Crippen molar-refractivity contribution in [1.82, 2.24) is 15.2 Å². The summed E-state index contributed by atoms with van der Waals surface area (Å²) in [6.45, 7) is 4.63. The molecule has 1 aromatic heterocycles. The van der Waals surface area contributed by atoms with Crippen LogP contribution in [0.4, 0.5) is 0 Å². The van der Waals surface area contributed by atoms with Crippen LogP contribution in [0.1, 0.15) is 18.4 Å². The first-order valence-electron chi connectivity index (χ1n) is 7.79. The molecule has 0 unspecified atom stereocenters. The Bertz CT molecular complexity index is 552. The van der Waals surface area contributed by atoms with Gasteiger partial charge in [-0.25, -0.2) is 0 Å². The Hall–Kier alpha value is -1.32. The van der Waals surface area contributed by atoms with E-state index in [4.69, 9.17) is 0 Å². The van der Waals surface area contributed by atoms with E-state index in [1.54, 1.807) is 0 Å². The number of hydrogen-bond donors (Lipinski definition) is 2. The zero-order valence-electron chi connectivity index (χ0n) is 12.4. The molecule has 0 atom stereocenters. The van der Waals surface area contributed by atoms with Crippen LogP contribution >= 0.6 is 0 Å². The van der Waals surface area contributed by atoms with E-state index in [9.17, 15) is 0 Å². The molecule has 108 valence electrons. The number of piperidine rings is 1. The van der Waals surface area contributed by atoms with Crippen LogP contribution in [-0.4, -0.2) is 30.7 Å². The Balaban J connectivity index is 1.52. The number of aryl methyl sites for hydroxylation is 1. The molecular formula is C17H25N3. The van der Waals surface area contributed by atoms with Gasteiger partial charge in [-0.1, -0.05) is 18.2 Å². The Morgan fingerprint density at radius 1 is 1.25 bits per heavy atom. The minimum absolute atomic E-state index is 0.865. The Kier molecular flexibility index (Phi) is 4.38. The second-order valence-electron chi connectivity index (χ2n) is 5.93. The minimum atomic E-state index is 0.865. The molecule has 0 radical (unpaired) electrons. The highest BCUT2D eigenvalue weighted by molar-refractivity contribution is 5.83. The SMILES string of the molecule is Cn1cc(CCNCC2CCNCC2)c2ccccc21. The number of hydrogen-bond acceptors (Lipinski definition) is 2. The number of nitrogens with one attached hydrogen (secondary N) is 2. The van der Waals surface area contributed by atoms with Gasteiger partial charge in [-0.3, -0.25) is 0 Å². The fraction of sp³-hybridized carbons (Fsp3) is 0.529. The molecule has 1 aromatic carbocycles. The molecule has 0 aliphatic carbocycles. The summed E-state index contributed by atoms with van der Waals surface area (Å²) in [7, 11) is 2.13. The Labute approximate surface area is 121 Å². The van der Waals surface area contributed by atoms with Gasteiger partial charge in [-0.2, -0.15) is 0 Å². The molecule has 1 aliphatic rings. The van der Waals surface area contributed by atoms with Crippen LogP contribution in [0.15, 0.2) is 30.5 Å². The highest BCUT2D eigenvalue weighted by Gasteiger charge is 2.12. The Morgan fingerprint density at radius 3 is 2.90 bits per heavy atom. The molecule has 2 N–H and O–H groups in total. The number of para-hydroxylation sites is 1. The maximum absolute atomic E-state index is 3.64. The van der Waals surface area contributed by atoms with Gasteiger partial charge in [0.25, 0.3) is 0 Å². The molecule has 0 spiro atoms. The summed E-state index contributed by atoms with van der Waals surface area (Å²) in [4.78, 5) is 0. The van der Waals surface area contributed by atoms with Gasteiger partial charge >= 0.3 is 0 Å². The quantitative estimate of drug-likeness (QED) is 0.817. The maximum atomic E-state index is 3.64. The summed E-state index contributed by atoms with van der Waals surface area (Å²) >= 11 is 0. The summed E-state index contributed by atoms with van der Waals surface area (Å²) < 4.78 is 2.23. The average molecular weight is 271 g/mol. The highest BCUT2D eigenvalue weighted by Crippen LogP contribution is 2.20. The second-order valence-corrected chi connectivity index (χ2v) is 5.93. The van der Waals surface area contributed by atoms with E-state index >= 15 is 0 Å². The Morgan fingerprint density at radius 2 is 2.05 bits per heavy atom.